The third-order valence-electron chi connectivity index (χ3n) is 4.03. The van der Waals surface area contributed by atoms with E-state index in [1.54, 1.807) is 13.8 Å². The Bertz CT molecular complexity index is 512. The van der Waals surface area contributed by atoms with Gasteiger partial charge in [0.25, 0.3) is 0 Å². The molecule has 2 heterocycles. The molecule has 2 N–H and O–H groups in total. The second-order valence-corrected chi connectivity index (χ2v) is 7.13. The van der Waals surface area contributed by atoms with Crippen molar-refractivity contribution in [1.29, 1.82) is 0 Å². The summed E-state index contributed by atoms with van der Waals surface area (Å²) in [6.45, 7) is 8.91. The summed E-state index contributed by atoms with van der Waals surface area (Å²) < 4.78 is 23.5. The molecule has 0 aliphatic carbocycles. The van der Waals surface area contributed by atoms with Gasteiger partial charge < -0.3 is 29.4 Å². The Morgan fingerprint density at radius 3 is 2.46 bits per heavy atom. The van der Waals surface area contributed by atoms with E-state index < -0.39 is 35.9 Å². The largest absolute Gasteiger partial charge is 0.390 e. The summed E-state index contributed by atoms with van der Waals surface area (Å²) in [4.78, 5) is 11.6. The number of aliphatic hydroxyl groups excluding tert-OH is 1. The van der Waals surface area contributed by atoms with E-state index in [2.05, 4.69) is 11.2 Å². The normalized spacial score (nSPS) is 33.6. The molecule has 5 atom stereocenters. The fourth-order valence-corrected chi connectivity index (χ4v) is 3.14. The molecule has 24 heavy (non-hydrogen) atoms. The first-order valence-electron chi connectivity index (χ1n) is 8.11. The standard InChI is InChI=1S/C17H27NO6/c1-7-8-11(20)13(18-10(2)19)15-14(23-17(5,6)24-15)12-9-21-16(3,4)22-12/h1,11-15,20H,8-9H2,2-6H3,(H,18,19)/t11-,12+,13+,14+,15+/m0/s1. The van der Waals surface area contributed by atoms with Gasteiger partial charge in [-0.05, 0) is 27.7 Å². The van der Waals surface area contributed by atoms with Crippen LogP contribution in [0.1, 0.15) is 41.0 Å². The van der Waals surface area contributed by atoms with E-state index in [0.29, 0.717) is 6.61 Å². The van der Waals surface area contributed by atoms with Crippen LogP contribution in [0.4, 0.5) is 0 Å². The Morgan fingerprint density at radius 1 is 1.29 bits per heavy atom. The number of nitrogens with one attached hydrogen (secondary N) is 1. The minimum absolute atomic E-state index is 0.0888. The van der Waals surface area contributed by atoms with Gasteiger partial charge in [0.2, 0.25) is 5.91 Å². The van der Waals surface area contributed by atoms with Crippen molar-refractivity contribution in [3.05, 3.63) is 0 Å². The average molecular weight is 341 g/mol. The number of carbonyl (C=O) groups excluding carboxylic acids is 1. The Hall–Kier alpha value is -1.17. The quantitative estimate of drug-likeness (QED) is 0.710. The molecule has 2 saturated heterocycles. The van der Waals surface area contributed by atoms with Crippen LogP contribution in [0, 0.1) is 12.3 Å². The molecule has 0 aromatic carbocycles. The third-order valence-corrected chi connectivity index (χ3v) is 4.03. The fourth-order valence-electron chi connectivity index (χ4n) is 3.14. The maximum absolute atomic E-state index is 11.6. The lowest BCUT2D eigenvalue weighted by Gasteiger charge is -2.32. The van der Waals surface area contributed by atoms with Gasteiger partial charge in [0.15, 0.2) is 11.6 Å². The average Bonchev–Trinajstić information content (AvgIpc) is 2.95. The summed E-state index contributed by atoms with van der Waals surface area (Å²) in [6.07, 6.45) is 2.93. The molecule has 7 nitrogen and oxygen atoms in total. The molecule has 7 heteroatoms. The van der Waals surface area contributed by atoms with Crippen molar-refractivity contribution in [2.45, 2.75) is 83.1 Å². The van der Waals surface area contributed by atoms with Crippen LogP contribution in [-0.4, -0.2) is 59.7 Å². The van der Waals surface area contributed by atoms with Crippen molar-refractivity contribution in [3.63, 3.8) is 0 Å². The maximum Gasteiger partial charge on any atom is 0.217 e. The highest BCUT2D eigenvalue weighted by molar-refractivity contribution is 5.73. The molecule has 0 aromatic heterocycles. The van der Waals surface area contributed by atoms with Crippen molar-refractivity contribution >= 4 is 5.91 Å². The zero-order valence-corrected chi connectivity index (χ0v) is 14.9. The molecule has 0 aromatic rings. The van der Waals surface area contributed by atoms with Crippen LogP contribution in [-0.2, 0) is 23.7 Å². The Morgan fingerprint density at radius 2 is 1.96 bits per heavy atom. The molecule has 136 valence electrons. The monoisotopic (exact) mass is 341 g/mol. The number of aliphatic hydroxyl groups is 1. The molecule has 1 amide bonds. The molecule has 0 saturated carbocycles. The first-order valence-corrected chi connectivity index (χ1v) is 8.11. The van der Waals surface area contributed by atoms with Crippen LogP contribution in [0.5, 0.6) is 0 Å². The first kappa shape index (κ1) is 19.2. The van der Waals surface area contributed by atoms with Crippen molar-refractivity contribution < 1.29 is 28.8 Å². The number of terminal acetylenes is 1. The highest BCUT2D eigenvalue weighted by atomic mass is 16.8. The van der Waals surface area contributed by atoms with Crippen molar-refractivity contribution in [2.24, 2.45) is 0 Å². The topological polar surface area (TPSA) is 86.3 Å². The molecule has 0 radical (unpaired) electrons. The second-order valence-electron chi connectivity index (χ2n) is 7.13. The predicted molar refractivity (Wildman–Crippen MR) is 85.8 cm³/mol. The second kappa shape index (κ2) is 6.98. The van der Waals surface area contributed by atoms with Gasteiger partial charge in [-0.1, -0.05) is 0 Å². The van der Waals surface area contributed by atoms with Gasteiger partial charge >= 0.3 is 0 Å². The first-order chi connectivity index (χ1) is 11.0. The molecular weight excluding hydrogens is 314 g/mol. The summed E-state index contributed by atoms with van der Waals surface area (Å²) in [5, 5.41) is 13.1. The summed E-state index contributed by atoms with van der Waals surface area (Å²) in [6, 6.07) is -0.711. The van der Waals surface area contributed by atoms with Gasteiger partial charge in [0.1, 0.15) is 18.3 Å². The van der Waals surface area contributed by atoms with Crippen molar-refractivity contribution in [2.75, 3.05) is 6.61 Å². The minimum atomic E-state index is -0.959. The Kier molecular flexibility index (Phi) is 5.57. The van der Waals surface area contributed by atoms with Gasteiger partial charge in [0.05, 0.1) is 18.8 Å². The molecule has 2 aliphatic rings. The molecule has 2 fully saturated rings. The zero-order valence-electron chi connectivity index (χ0n) is 14.9. The smallest absolute Gasteiger partial charge is 0.217 e. The number of ether oxygens (including phenoxy) is 4. The van der Waals surface area contributed by atoms with Gasteiger partial charge in [-0.2, -0.15) is 0 Å². The number of hydrogen-bond donors (Lipinski definition) is 2. The van der Waals surface area contributed by atoms with Crippen LogP contribution in [0.3, 0.4) is 0 Å². The van der Waals surface area contributed by atoms with Crippen LogP contribution in [0.15, 0.2) is 0 Å². The summed E-state index contributed by atoms with van der Waals surface area (Å²) in [5.41, 5.74) is 0. The summed E-state index contributed by atoms with van der Waals surface area (Å²) in [5.74, 6) is 0.531. The lowest BCUT2D eigenvalue weighted by molar-refractivity contribution is -0.175. The van der Waals surface area contributed by atoms with Crippen LogP contribution in [0.25, 0.3) is 0 Å². The van der Waals surface area contributed by atoms with Crippen LogP contribution < -0.4 is 5.32 Å². The van der Waals surface area contributed by atoms with Gasteiger partial charge in [-0.25, -0.2) is 0 Å². The molecule has 0 spiro atoms. The van der Waals surface area contributed by atoms with E-state index in [0.717, 1.165) is 0 Å². The van der Waals surface area contributed by atoms with Crippen molar-refractivity contribution in [1.82, 2.24) is 5.32 Å². The van der Waals surface area contributed by atoms with Crippen LogP contribution in [0.2, 0.25) is 0 Å². The SMILES string of the molecule is C#CC[C@H](O)[C@@H](NC(C)=O)[C@H]1OC(C)(C)O[C@@H]1[C@H]1COC(C)(C)O1. The van der Waals surface area contributed by atoms with E-state index in [1.165, 1.54) is 6.92 Å². The maximum atomic E-state index is 11.6. The fraction of sp³-hybridized carbons (Fsp3) is 0.824. The van der Waals surface area contributed by atoms with Gasteiger partial charge in [-0.15, -0.1) is 12.3 Å². The van der Waals surface area contributed by atoms with E-state index >= 15 is 0 Å². The molecule has 2 aliphatic heterocycles. The van der Waals surface area contributed by atoms with Crippen LogP contribution >= 0.6 is 0 Å². The number of carbonyl (C=O) groups is 1. The Balaban J connectivity index is 2.24. The van der Waals surface area contributed by atoms with Gasteiger partial charge in [-0.3, -0.25) is 4.79 Å². The zero-order chi connectivity index (χ0) is 18.1. The summed E-state index contributed by atoms with van der Waals surface area (Å²) in [7, 11) is 0. The third kappa shape index (κ3) is 4.47. The molecular formula is C17H27NO6. The Labute approximate surface area is 143 Å². The highest BCUT2D eigenvalue weighted by Gasteiger charge is 2.53. The number of rotatable bonds is 5. The van der Waals surface area contributed by atoms with Gasteiger partial charge in [0, 0.05) is 13.3 Å². The number of hydrogen-bond acceptors (Lipinski definition) is 6. The highest BCUT2D eigenvalue weighted by Crippen LogP contribution is 2.37. The predicted octanol–water partition coefficient (Wildman–Crippen LogP) is 0.547. The molecule has 2 rings (SSSR count). The van der Waals surface area contributed by atoms with Crippen molar-refractivity contribution in [3.8, 4) is 12.3 Å². The lowest BCUT2D eigenvalue weighted by atomic mass is 9.95. The molecule has 0 unspecified atom stereocenters. The molecule has 0 bridgehead atoms. The van der Waals surface area contributed by atoms with E-state index in [9.17, 15) is 9.90 Å². The van der Waals surface area contributed by atoms with E-state index in [4.69, 9.17) is 25.4 Å². The van der Waals surface area contributed by atoms with E-state index in [1.807, 2.05) is 13.8 Å². The minimum Gasteiger partial charge on any atom is -0.390 e. The summed E-state index contributed by atoms with van der Waals surface area (Å²) >= 11 is 0. The lowest BCUT2D eigenvalue weighted by Crippen LogP contribution is -2.56. The number of amides is 1. The van der Waals surface area contributed by atoms with E-state index in [-0.39, 0.29) is 18.4 Å².